The lowest BCUT2D eigenvalue weighted by atomic mass is 9.97. The Hall–Kier alpha value is -3.04. The largest absolute Gasteiger partial charge is 0.379 e. The lowest BCUT2D eigenvalue weighted by molar-refractivity contribution is -0.120. The van der Waals surface area contributed by atoms with E-state index in [-0.39, 0.29) is 11.8 Å². The van der Waals surface area contributed by atoms with Crippen LogP contribution in [0.4, 0.5) is 11.5 Å². The van der Waals surface area contributed by atoms with Gasteiger partial charge in [-0.1, -0.05) is 0 Å². The van der Waals surface area contributed by atoms with E-state index in [4.69, 9.17) is 9.72 Å². The van der Waals surface area contributed by atoms with Crippen molar-refractivity contribution in [2.75, 3.05) is 49.6 Å². The van der Waals surface area contributed by atoms with Gasteiger partial charge in [0.25, 0.3) is 0 Å². The van der Waals surface area contributed by atoms with Gasteiger partial charge in [0.1, 0.15) is 11.6 Å². The Morgan fingerprint density at radius 1 is 1.23 bits per heavy atom. The highest BCUT2D eigenvalue weighted by atomic mass is 16.5. The number of carbonyl (C=O) groups is 1. The summed E-state index contributed by atoms with van der Waals surface area (Å²) in [6.45, 7) is 5.71. The molecule has 2 N–H and O–H groups in total. The maximum Gasteiger partial charge on any atom is 0.229 e. The van der Waals surface area contributed by atoms with Gasteiger partial charge in [-0.05, 0) is 31.0 Å². The molecular weight excluding hydrogens is 394 g/mol. The summed E-state index contributed by atoms with van der Waals surface area (Å²) in [6.07, 6.45) is 6.93. The van der Waals surface area contributed by atoms with Gasteiger partial charge in [-0.15, -0.1) is 0 Å². The molecule has 0 aliphatic carbocycles. The van der Waals surface area contributed by atoms with Crippen LogP contribution in [0.15, 0.2) is 36.8 Å². The third-order valence-electron chi connectivity index (χ3n) is 5.94. The maximum absolute atomic E-state index is 12.9. The van der Waals surface area contributed by atoms with E-state index in [0.29, 0.717) is 6.54 Å². The molecule has 2 aliphatic heterocycles. The molecule has 31 heavy (non-hydrogen) atoms. The molecular formula is C22H27N7O2. The van der Waals surface area contributed by atoms with Crippen LogP contribution < -0.4 is 10.2 Å². The highest BCUT2D eigenvalue weighted by Gasteiger charge is 2.26. The fourth-order valence-electron chi connectivity index (χ4n) is 4.28. The lowest BCUT2D eigenvalue weighted by Gasteiger charge is -2.32. The van der Waals surface area contributed by atoms with Crippen LogP contribution in [0.1, 0.15) is 18.7 Å². The number of morpholine rings is 1. The molecule has 2 aromatic heterocycles. The van der Waals surface area contributed by atoms with Crippen LogP contribution in [0, 0.1) is 5.92 Å². The van der Waals surface area contributed by atoms with Crippen LogP contribution in [0.3, 0.4) is 0 Å². The number of H-pyrrole nitrogens is 1. The fourth-order valence-corrected chi connectivity index (χ4v) is 4.28. The molecule has 0 saturated carbocycles. The zero-order chi connectivity index (χ0) is 21.0. The van der Waals surface area contributed by atoms with E-state index in [0.717, 1.165) is 80.6 Å². The van der Waals surface area contributed by atoms with E-state index in [2.05, 4.69) is 30.1 Å². The van der Waals surface area contributed by atoms with Gasteiger partial charge in [0.15, 0.2) is 0 Å². The Morgan fingerprint density at radius 3 is 2.97 bits per heavy atom. The summed E-state index contributed by atoms with van der Waals surface area (Å²) in [5.74, 6) is 1.73. The SMILES string of the molecule is O=C(Nc1ccc2nc(CN3CCOCC3)[nH]c2c1)C1CCCN(c2cnccn2)C1. The Kier molecular flexibility index (Phi) is 5.77. The smallest absolute Gasteiger partial charge is 0.229 e. The number of imidazole rings is 1. The van der Waals surface area contributed by atoms with Crippen LogP contribution in [0.25, 0.3) is 11.0 Å². The van der Waals surface area contributed by atoms with Crippen molar-refractivity contribution < 1.29 is 9.53 Å². The van der Waals surface area contributed by atoms with Crippen molar-refractivity contribution in [1.29, 1.82) is 0 Å². The van der Waals surface area contributed by atoms with Gasteiger partial charge in [-0.2, -0.15) is 0 Å². The zero-order valence-corrected chi connectivity index (χ0v) is 17.5. The molecule has 1 amide bonds. The second-order valence-corrected chi connectivity index (χ2v) is 8.14. The number of ether oxygens (including phenoxy) is 1. The molecule has 9 heteroatoms. The summed E-state index contributed by atoms with van der Waals surface area (Å²) in [5.41, 5.74) is 2.63. The number of rotatable bonds is 5. The summed E-state index contributed by atoms with van der Waals surface area (Å²) >= 11 is 0. The van der Waals surface area contributed by atoms with Crippen LogP contribution in [-0.4, -0.2) is 70.1 Å². The van der Waals surface area contributed by atoms with Crippen LogP contribution >= 0.6 is 0 Å². The minimum atomic E-state index is -0.0786. The van der Waals surface area contributed by atoms with Crippen LogP contribution in [0.2, 0.25) is 0 Å². The van der Waals surface area contributed by atoms with E-state index in [1.54, 1.807) is 18.6 Å². The molecule has 1 atom stereocenters. The minimum Gasteiger partial charge on any atom is -0.379 e. The fraction of sp³-hybridized carbons (Fsp3) is 0.455. The number of amides is 1. The maximum atomic E-state index is 12.9. The van der Waals surface area contributed by atoms with Gasteiger partial charge >= 0.3 is 0 Å². The van der Waals surface area contributed by atoms with Crippen molar-refractivity contribution in [1.82, 2.24) is 24.8 Å². The average Bonchev–Trinajstić information content (AvgIpc) is 3.22. The van der Waals surface area contributed by atoms with E-state index in [1.165, 1.54) is 0 Å². The number of aromatic nitrogens is 4. The van der Waals surface area contributed by atoms with Gasteiger partial charge in [0.05, 0.1) is 42.9 Å². The van der Waals surface area contributed by atoms with E-state index < -0.39 is 0 Å². The normalized spacial score (nSPS) is 20.1. The van der Waals surface area contributed by atoms with Gasteiger partial charge in [0, 0.05) is 44.3 Å². The number of anilines is 2. The van der Waals surface area contributed by atoms with Crippen molar-refractivity contribution in [2.45, 2.75) is 19.4 Å². The van der Waals surface area contributed by atoms with E-state index in [1.807, 2.05) is 18.2 Å². The number of aromatic amines is 1. The van der Waals surface area contributed by atoms with E-state index in [9.17, 15) is 4.79 Å². The molecule has 0 spiro atoms. The first-order valence-electron chi connectivity index (χ1n) is 10.9. The minimum absolute atomic E-state index is 0.0426. The van der Waals surface area contributed by atoms with Crippen molar-refractivity contribution in [3.8, 4) is 0 Å². The number of fused-ring (bicyclic) bond motifs is 1. The first-order chi connectivity index (χ1) is 15.2. The number of hydrogen-bond donors (Lipinski definition) is 2. The number of nitrogens with one attached hydrogen (secondary N) is 2. The summed E-state index contributed by atoms with van der Waals surface area (Å²) in [5, 5.41) is 3.09. The third kappa shape index (κ3) is 4.67. The lowest BCUT2D eigenvalue weighted by Crippen LogP contribution is -2.41. The molecule has 0 radical (unpaired) electrons. The number of piperidine rings is 1. The highest BCUT2D eigenvalue weighted by molar-refractivity contribution is 5.95. The van der Waals surface area contributed by atoms with Gasteiger partial charge in [0.2, 0.25) is 5.91 Å². The summed E-state index contributed by atoms with van der Waals surface area (Å²) < 4.78 is 5.41. The predicted molar refractivity (Wildman–Crippen MR) is 118 cm³/mol. The van der Waals surface area contributed by atoms with Crippen LogP contribution in [0.5, 0.6) is 0 Å². The number of benzene rings is 1. The van der Waals surface area contributed by atoms with Crippen molar-refractivity contribution >= 4 is 28.4 Å². The predicted octanol–water partition coefficient (Wildman–Crippen LogP) is 2.04. The molecule has 4 heterocycles. The zero-order valence-electron chi connectivity index (χ0n) is 17.5. The molecule has 1 aromatic carbocycles. The first-order valence-corrected chi connectivity index (χ1v) is 10.9. The van der Waals surface area contributed by atoms with Gasteiger partial charge in [-0.25, -0.2) is 9.97 Å². The molecule has 1 unspecified atom stereocenters. The van der Waals surface area contributed by atoms with Crippen LogP contribution in [-0.2, 0) is 16.1 Å². The molecule has 5 rings (SSSR count). The molecule has 3 aromatic rings. The number of nitrogens with zero attached hydrogens (tertiary/aromatic N) is 5. The summed E-state index contributed by atoms with van der Waals surface area (Å²) in [4.78, 5) is 34.0. The monoisotopic (exact) mass is 421 g/mol. The average molecular weight is 422 g/mol. The Labute approximate surface area is 180 Å². The van der Waals surface area contributed by atoms with Gasteiger partial charge in [-0.3, -0.25) is 14.7 Å². The number of hydrogen-bond acceptors (Lipinski definition) is 7. The molecule has 162 valence electrons. The van der Waals surface area contributed by atoms with Crippen molar-refractivity contribution in [2.24, 2.45) is 5.92 Å². The van der Waals surface area contributed by atoms with Crippen molar-refractivity contribution in [3.63, 3.8) is 0 Å². The summed E-state index contributed by atoms with van der Waals surface area (Å²) in [7, 11) is 0. The molecule has 2 fully saturated rings. The number of carbonyl (C=O) groups excluding carboxylic acids is 1. The third-order valence-corrected chi connectivity index (χ3v) is 5.94. The topological polar surface area (TPSA) is 99.3 Å². The van der Waals surface area contributed by atoms with Gasteiger partial charge < -0.3 is 19.9 Å². The second-order valence-electron chi connectivity index (χ2n) is 8.14. The Balaban J connectivity index is 1.23. The Morgan fingerprint density at radius 2 is 2.13 bits per heavy atom. The Bertz CT molecular complexity index is 1030. The standard InChI is InChI=1S/C22H27N7O2/c30-22(16-2-1-7-29(14-16)21-13-23-5-6-24-21)25-17-3-4-18-19(12-17)27-20(26-18)15-28-8-10-31-11-9-28/h3-6,12-13,16H,1-2,7-11,14-15H2,(H,25,30)(H,26,27). The first kappa shape index (κ1) is 19.9. The quantitative estimate of drug-likeness (QED) is 0.650. The van der Waals surface area contributed by atoms with Crippen molar-refractivity contribution in [3.05, 3.63) is 42.6 Å². The second kappa shape index (κ2) is 8.99. The molecule has 9 nitrogen and oxygen atoms in total. The molecule has 2 saturated heterocycles. The molecule has 2 aliphatic rings. The van der Waals surface area contributed by atoms with E-state index >= 15 is 0 Å². The highest BCUT2D eigenvalue weighted by Crippen LogP contribution is 2.23. The summed E-state index contributed by atoms with van der Waals surface area (Å²) in [6, 6.07) is 5.84. The molecule has 0 bridgehead atoms.